The zero-order valence-electron chi connectivity index (χ0n) is 13.4. The first-order valence-corrected chi connectivity index (χ1v) is 8.42. The molecule has 0 unspecified atom stereocenters. The van der Waals surface area contributed by atoms with Crippen LogP contribution in [0.25, 0.3) is 0 Å². The lowest BCUT2D eigenvalue weighted by molar-refractivity contribution is -0.116. The van der Waals surface area contributed by atoms with Crippen molar-refractivity contribution >= 4 is 5.91 Å². The molecule has 1 fully saturated rings. The molecule has 1 aromatic carbocycles. The molecule has 120 valence electrons. The summed E-state index contributed by atoms with van der Waals surface area (Å²) in [7, 11) is 0. The summed E-state index contributed by atoms with van der Waals surface area (Å²) in [5, 5.41) is 2.76. The Hall–Kier alpha value is -1.77. The van der Waals surface area contributed by atoms with E-state index in [-0.39, 0.29) is 5.91 Å². The minimum atomic E-state index is -0.112. The van der Waals surface area contributed by atoms with E-state index in [1.807, 2.05) is 0 Å². The Kier molecular flexibility index (Phi) is 7.01. The summed E-state index contributed by atoms with van der Waals surface area (Å²) < 4.78 is 5.75. The maximum absolute atomic E-state index is 11.0. The monoisotopic (exact) mass is 301 g/mol. The molecule has 0 heterocycles. The van der Waals surface area contributed by atoms with Crippen LogP contribution in [0.15, 0.2) is 36.9 Å². The molecule has 3 heteroatoms. The number of carbonyl (C=O) groups excluding carboxylic acids is 1. The minimum Gasteiger partial charge on any atom is -0.494 e. The van der Waals surface area contributed by atoms with Gasteiger partial charge >= 0.3 is 0 Å². The van der Waals surface area contributed by atoms with E-state index in [9.17, 15) is 4.79 Å². The van der Waals surface area contributed by atoms with E-state index >= 15 is 0 Å². The third-order valence-electron chi connectivity index (χ3n) is 4.28. The highest BCUT2D eigenvalue weighted by Crippen LogP contribution is 2.33. The molecule has 1 aliphatic carbocycles. The van der Waals surface area contributed by atoms with Crippen molar-refractivity contribution in [3.63, 3.8) is 0 Å². The van der Waals surface area contributed by atoms with Gasteiger partial charge in [0.2, 0.25) is 5.91 Å². The molecule has 0 radical (unpaired) electrons. The average Bonchev–Trinajstić information content (AvgIpc) is 2.59. The van der Waals surface area contributed by atoms with Crippen LogP contribution in [0.3, 0.4) is 0 Å². The standard InChI is InChI=1S/C19H27NO2/c1-2-19(21)20-14-6-7-15-22-18-12-10-17(11-13-18)16-8-4-3-5-9-16/h2,10-13,16H,1,3-9,14-15H2,(H,20,21). The summed E-state index contributed by atoms with van der Waals surface area (Å²) in [6.07, 6.45) is 9.93. The number of hydrogen-bond donors (Lipinski definition) is 1. The second-order valence-corrected chi connectivity index (χ2v) is 5.95. The van der Waals surface area contributed by atoms with E-state index in [2.05, 4.69) is 36.2 Å². The number of nitrogens with one attached hydrogen (secondary N) is 1. The summed E-state index contributed by atoms with van der Waals surface area (Å²) in [6.45, 7) is 4.78. The second-order valence-electron chi connectivity index (χ2n) is 5.95. The molecule has 2 rings (SSSR count). The van der Waals surface area contributed by atoms with Crippen LogP contribution in [0.2, 0.25) is 0 Å². The number of unbranched alkanes of at least 4 members (excludes halogenated alkanes) is 1. The molecule has 22 heavy (non-hydrogen) atoms. The Morgan fingerprint density at radius 3 is 2.59 bits per heavy atom. The molecule has 1 saturated carbocycles. The average molecular weight is 301 g/mol. The van der Waals surface area contributed by atoms with Crippen molar-refractivity contribution < 1.29 is 9.53 Å². The largest absolute Gasteiger partial charge is 0.494 e. The smallest absolute Gasteiger partial charge is 0.243 e. The molecule has 1 N–H and O–H groups in total. The fraction of sp³-hybridized carbons (Fsp3) is 0.526. The number of rotatable bonds is 8. The van der Waals surface area contributed by atoms with Crippen LogP contribution in [-0.2, 0) is 4.79 Å². The predicted octanol–water partition coefficient (Wildman–Crippen LogP) is 4.20. The normalized spacial score (nSPS) is 15.3. The molecule has 0 atom stereocenters. The summed E-state index contributed by atoms with van der Waals surface area (Å²) in [6, 6.07) is 8.61. The van der Waals surface area contributed by atoms with Gasteiger partial charge in [0.25, 0.3) is 0 Å². The Bertz CT molecular complexity index is 461. The Morgan fingerprint density at radius 2 is 1.91 bits per heavy atom. The van der Waals surface area contributed by atoms with E-state index in [1.165, 1.54) is 43.7 Å². The molecule has 1 aliphatic rings. The Morgan fingerprint density at radius 1 is 1.18 bits per heavy atom. The van der Waals surface area contributed by atoms with Gasteiger partial charge in [-0.05, 0) is 55.4 Å². The predicted molar refractivity (Wildman–Crippen MR) is 90.2 cm³/mol. The van der Waals surface area contributed by atoms with Crippen molar-refractivity contribution in [2.24, 2.45) is 0 Å². The van der Waals surface area contributed by atoms with Crippen LogP contribution in [0.1, 0.15) is 56.4 Å². The van der Waals surface area contributed by atoms with E-state index < -0.39 is 0 Å². The van der Waals surface area contributed by atoms with Gasteiger partial charge in [-0.3, -0.25) is 4.79 Å². The van der Waals surface area contributed by atoms with Gasteiger partial charge in [-0.25, -0.2) is 0 Å². The van der Waals surface area contributed by atoms with Gasteiger partial charge < -0.3 is 10.1 Å². The van der Waals surface area contributed by atoms with Crippen LogP contribution in [0.5, 0.6) is 5.75 Å². The third kappa shape index (κ3) is 5.55. The lowest BCUT2D eigenvalue weighted by atomic mass is 9.84. The Labute approximate surface area is 133 Å². The van der Waals surface area contributed by atoms with E-state index in [0.717, 1.165) is 24.5 Å². The van der Waals surface area contributed by atoms with Gasteiger partial charge in [-0.1, -0.05) is 38.0 Å². The zero-order valence-corrected chi connectivity index (χ0v) is 13.4. The Balaban J connectivity index is 1.64. The first-order chi connectivity index (χ1) is 10.8. The van der Waals surface area contributed by atoms with Crippen molar-refractivity contribution in [1.82, 2.24) is 5.32 Å². The summed E-state index contributed by atoms with van der Waals surface area (Å²) in [5.74, 6) is 1.57. The molecule has 0 bridgehead atoms. The highest BCUT2D eigenvalue weighted by Gasteiger charge is 2.15. The van der Waals surface area contributed by atoms with Gasteiger partial charge in [0.15, 0.2) is 0 Å². The van der Waals surface area contributed by atoms with Crippen LogP contribution in [-0.4, -0.2) is 19.1 Å². The highest BCUT2D eigenvalue weighted by molar-refractivity contribution is 5.86. The summed E-state index contributed by atoms with van der Waals surface area (Å²) in [5.41, 5.74) is 1.46. The van der Waals surface area contributed by atoms with Crippen molar-refractivity contribution in [2.45, 2.75) is 50.9 Å². The van der Waals surface area contributed by atoms with Gasteiger partial charge in [0.05, 0.1) is 6.61 Å². The maximum atomic E-state index is 11.0. The van der Waals surface area contributed by atoms with Crippen LogP contribution in [0, 0.1) is 0 Å². The molecular weight excluding hydrogens is 274 g/mol. The molecular formula is C19H27NO2. The lowest BCUT2D eigenvalue weighted by Gasteiger charge is -2.22. The van der Waals surface area contributed by atoms with Gasteiger partial charge in [-0.15, -0.1) is 0 Å². The molecule has 3 nitrogen and oxygen atoms in total. The zero-order chi connectivity index (χ0) is 15.6. The number of carbonyl (C=O) groups is 1. The van der Waals surface area contributed by atoms with Crippen molar-refractivity contribution in [3.05, 3.63) is 42.5 Å². The molecule has 0 aliphatic heterocycles. The van der Waals surface area contributed by atoms with Crippen molar-refractivity contribution in [1.29, 1.82) is 0 Å². The fourth-order valence-electron chi connectivity index (χ4n) is 2.97. The first-order valence-electron chi connectivity index (χ1n) is 8.42. The molecule has 1 aromatic rings. The molecule has 1 amide bonds. The van der Waals surface area contributed by atoms with Gasteiger partial charge in [0.1, 0.15) is 5.75 Å². The van der Waals surface area contributed by atoms with Crippen LogP contribution < -0.4 is 10.1 Å². The molecule has 0 saturated heterocycles. The highest BCUT2D eigenvalue weighted by atomic mass is 16.5. The number of amides is 1. The van der Waals surface area contributed by atoms with Crippen molar-refractivity contribution in [2.75, 3.05) is 13.2 Å². The van der Waals surface area contributed by atoms with Crippen LogP contribution in [0.4, 0.5) is 0 Å². The molecule has 0 aromatic heterocycles. The van der Waals surface area contributed by atoms with Crippen LogP contribution >= 0.6 is 0 Å². The summed E-state index contributed by atoms with van der Waals surface area (Å²) >= 11 is 0. The van der Waals surface area contributed by atoms with Gasteiger partial charge in [0, 0.05) is 6.54 Å². The van der Waals surface area contributed by atoms with E-state index in [0.29, 0.717) is 13.2 Å². The third-order valence-corrected chi connectivity index (χ3v) is 4.28. The lowest BCUT2D eigenvalue weighted by Crippen LogP contribution is -2.22. The van der Waals surface area contributed by atoms with E-state index in [4.69, 9.17) is 4.74 Å². The van der Waals surface area contributed by atoms with Gasteiger partial charge in [-0.2, -0.15) is 0 Å². The van der Waals surface area contributed by atoms with E-state index in [1.54, 1.807) is 0 Å². The summed E-state index contributed by atoms with van der Waals surface area (Å²) in [4.78, 5) is 11.0. The minimum absolute atomic E-state index is 0.112. The topological polar surface area (TPSA) is 38.3 Å². The molecule has 0 spiro atoms. The second kappa shape index (κ2) is 9.29. The fourth-order valence-corrected chi connectivity index (χ4v) is 2.97. The SMILES string of the molecule is C=CC(=O)NCCCCOc1ccc(C2CCCCC2)cc1. The maximum Gasteiger partial charge on any atom is 0.243 e. The first kappa shape index (κ1) is 16.6. The number of hydrogen-bond acceptors (Lipinski definition) is 2. The quantitative estimate of drug-likeness (QED) is 0.577. The van der Waals surface area contributed by atoms with Crippen molar-refractivity contribution in [3.8, 4) is 5.75 Å². The number of benzene rings is 1. The number of ether oxygens (including phenoxy) is 1.